The van der Waals surface area contributed by atoms with Crippen molar-refractivity contribution in [3.05, 3.63) is 63.1 Å². The highest BCUT2D eigenvalue weighted by molar-refractivity contribution is 5.23. The molecule has 4 heteroatoms. The molecule has 0 N–H and O–H groups in total. The van der Waals surface area contributed by atoms with Crippen molar-refractivity contribution in [2.75, 3.05) is 6.61 Å². The number of ether oxygens (including phenoxy) is 1. The summed E-state index contributed by atoms with van der Waals surface area (Å²) in [6, 6.07) is 8.65. The van der Waals surface area contributed by atoms with Gasteiger partial charge in [-0.25, -0.2) is 4.68 Å². The third-order valence-electron chi connectivity index (χ3n) is 4.81. The maximum Gasteiger partial charge on any atom is 0.272 e. The lowest BCUT2D eigenvalue weighted by Gasteiger charge is -2.23. The molecule has 3 rings (SSSR count). The Hall–Kier alpha value is -1.94. The molecule has 2 aromatic rings. The van der Waals surface area contributed by atoms with E-state index in [4.69, 9.17) is 4.74 Å². The fraction of sp³-hybridized carbons (Fsp3) is 0.500. The van der Waals surface area contributed by atoms with Gasteiger partial charge in [0.25, 0.3) is 5.56 Å². The van der Waals surface area contributed by atoms with Crippen molar-refractivity contribution < 1.29 is 4.74 Å². The topological polar surface area (TPSA) is 44.1 Å². The normalized spacial score (nSPS) is 17.8. The Morgan fingerprint density at radius 2 is 1.96 bits per heavy atom. The van der Waals surface area contributed by atoms with Gasteiger partial charge in [-0.1, -0.05) is 29.8 Å². The molecule has 0 spiro atoms. The van der Waals surface area contributed by atoms with Crippen LogP contribution in [0.3, 0.4) is 0 Å². The summed E-state index contributed by atoms with van der Waals surface area (Å²) in [5.74, 6) is 0. The van der Waals surface area contributed by atoms with Gasteiger partial charge in [-0.2, -0.15) is 5.10 Å². The van der Waals surface area contributed by atoms with E-state index in [2.05, 4.69) is 36.3 Å². The number of aryl methyl sites for hydroxylation is 3. The molecule has 0 bridgehead atoms. The molecule has 1 atom stereocenters. The van der Waals surface area contributed by atoms with Crippen molar-refractivity contribution in [2.45, 2.75) is 58.6 Å². The number of rotatable bonds is 5. The minimum atomic E-state index is -0.188. The van der Waals surface area contributed by atoms with Crippen LogP contribution in [-0.4, -0.2) is 16.4 Å². The second kappa shape index (κ2) is 7.75. The number of nitrogens with zero attached hydrogens (tertiary/aromatic N) is 2. The molecule has 4 nitrogen and oxygen atoms in total. The van der Waals surface area contributed by atoms with E-state index < -0.39 is 0 Å². The van der Waals surface area contributed by atoms with E-state index in [1.807, 2.05) is 13.1 Å². The summed E-state index contributed by atoms with van der Waals surface area (Å²) >= 11 is 0. The van der Waals surface area contributed by atoms with E-state index in [-0.39, 0.29) is 11.8 Å². The van der Waals surface area contributed by atoms with Crippen LogP contribution < -0.4 is 5.56 Å². The van der Waals surface area contributed by atoms with E-state index >= 15 is 0 Å². The summed E-state index contributed by atoms with van der Waals surface area (Å²) < 4.78 is 7.21. The van der Waals surface area contributed by atoms with Crippen LogP contribution in [0.4, 0.5) is 0 Å². The van der Waals surface area contributed by atoms with Crippen molar-refractivity contribution in [3.8, 4) is 0 Å². The molecule has 2 heterocycles. The summed E-state index contributed by atoms with van der Waals surface area (Å²) in [4.78, 5) is 12.6. The van der Waals surface area contributed by atoms with Crippen LogP contribution in [0.1, 0.15) is 54.2 Å². The van der Waals surface area contributed by atoms with E-state index in [0.29, 0.717) is 0 Å². The highest BCUT2D eigenvalue weighted by Gasteiger charge is 2.19. The van der Waals surface area contributed by atoms with Crippen LogP contribution in [-0.2, 0) is 17.6 Å². The largest absolute Gasteiger partial charge is 0.356 e. The van der Waals surface area contributed by atoms with Crippen LogP contribution in [0.15, 0.2) is 35.3 Å². The van der Waals surface area contributed by atoms with E-state index in [9.17, 15) is 4.79 Å². The van der Waals surface area contributed by atoms with Gasteiger partial charge in [0, 0.05) is 12.2 Å². The van der Waals surface area contributed by atoms with E-state index in [0.717, 1.165) is 56.3 Å². The van der Waals surface area contributed by atoms with Gasteiger partial charge in [0.15, 0.2) is 6.23 Å². The smallest absolute Gasteiger partial charge is 0.272 e. The quantitative estimate of drug-likeness (QED) is 0.841. The Labute approximate surface area is 143 Å². The molecule has 24 heavy (non-hydrogen) atoms. The minimum absolute atomic E-state index is 0.00487. The first-order valence-electron chi connectivity index (χ1n) is 8.89. The van der Waals surface area contributed by atoms with Crippen LogP contribution in [0.5, 0.6) is 0 Å². The third-order valence-corrected chi connectivity index (χ3v) is 4.81. The predicted molar refractivity (Wildman–Crippen MR) is 95.3 cm³/mol. The molecular formula is C20H26N2O2. The molecule has 1 aliphatic heterocycles. The molecule has 128 valence electrons. The van der Waals surface area contributed by atoms with Gasteiger partial charge in [0.05, 0.1) is 6.20 Å². The maximum atomic E-state index is 12.6. The second-order valence-corrected chi connectivity index (χ2v) is 6.70. The fourth-order valence-corrected chi connectivity index (χ4v) is 3.20. The summed E-state index contributed by atoms with van der Waals surface area (Å²) in [5, 5.41) is 4.38. The molecular weight excluding hydrogens is 300 g/mol. The third kappa shape index (κ3) is 3.93. The number of benzene rings is 1. The number of aromatic nitrogens is 2. The van der Waals surface area contributed by atoms with Crippen LogP contribution in [0, 0.1) is 13.8 Å². The monoisotopic (exact) mass is 326 g/mol. The zero-order valence-electron chi connectivity index (χ0n) is 14.6. The highest BCUT2D eigenvalue weighted by Crippen LogP contribution is 2.20. The van der Waals surface area contributed by atoms with Gasteiger partial charge in [-0.05, 0) is 63.5 Å². The summed E-state index contributed by atoms with van der Waals surface area (Å²) in [5.41, 5.74) is 4.49. The molecule has 0 aliphatic carbocycles. The van der Waals surface area contributed by atoms with E-state index in [1.54, 1.807) is 0 Å². The van der Waals surface area contributed by atoms with Crippen LogP contribution in [0.2, 0.25) is 0 Å². The molecule has 0 amide bonds. The van der Waals surface area contributed by atoms with Crippen molar-refractivity contribution in [2.24, 2.45) is 0 Å². The zero-order chi connectivity index (χ0) is 16.9. The standard InChI is InChI=1S/C20H26N2O2/c1-15-9-11-17(12-10-15)6-5-7-18-14-21-22(20(23)16(18)2)19-8-3-4-13-24-19/h9-12,14,19H,3-8,13H2,1-2H3. The van der Waals surface area contributed by atoms with Gasteiger partial charge < -0.3 is 4.74 Å². The lowest BCUT2D eigenvalue weighted by atomic mass is 10.0. The summed E-state index contributed by atoms with van der Waals surface area (Å²) in [7, 11) is 0. The summed E-state index contributed by atoms with van der Waals surface area (Å²) in [6.07, 6.45) is 7.63. The second-order valence-electron chi connectivity index (χ2n) is 6.70. The van der Waals surface area contributed by atoms with Gasteiger partial charge in [-0.15, -0.1) is 0 Å². The van der Waals surface area contributed by atoms with Crippen LogP contribution >= 0.6 is 0 Å². The molecule has 1 aromatic heterocycles. The van der Waals surface area contributed by atoms with Gasteiger partial charge in [-0.3, -0.25) is 4.79 Å². The SMILES string of the molecule is Cc1ccc(CCCc2cnn(C3CCCCO3)c(=O)c2C)cc1. The molecule has 1 fully saturated rings. The van der Waals surface area contributed by atoms with Gasteiger partial charge >= 0.3 is 0 Å². The molecule has 0 radical (unpaired) electrons. The molecule has 1 aromatic carbocycles. The Kier molecular flexibility index (Phi) is 5.46. The number of hydrogen-bond acceptors (Lipinski definition) is 3. The minimum Gasteiger partial charge on any atom is -0.356 e. The Balaban J connectivity index is 1.64. The predicted octanol–water partition coefficient (Wildman–Crippen LogP) is 3.73. The van der Waals surface area contributed by atoms with Gasteiger partial charge in [0.1, 0.15) is 0 Å². The lowest BCUT2D eigenvalue weighted by Crippen LogP contribution is -2.32. The zero-order valence-corrected chi connectivity index (χ0v) is 14.6. The average molecular weight is 326 g/mol. The van der Waals surface area contributed by atoms with Crippen LogP contribution in [0.25, 0.3) is 0 Å². The first kappa shape index (κ1) is 16.9. The van der Waals surface area contributed by atoms with E-state index in [1.165, 1.54) is 15.8 Å². The molecule has 0 saturated carbocycles. The summed E-state index contributed by atoms with van der Waals surface area (Å²) in [6.45, 7) is 4.73. The molecule has 1 unspecified atom stereocenters. The highest BCUT2D eigenvalue weighted by atomic mass is 16.5. The fourth-order valence-electron chi connectivity index (χ4n) is 3.20. The molecule has 1 saturated heterocycles. The van der Waals surface area contributed by atoms with Crippen molar-refractivity contribution in [3.63, 3.8) is 0 Å². The average Bonchev–Trinajstić information content (AvgIpc) is 2.61. The van der Waals surface area contributed by atoms with Crippen molar-refractivity contribution in [1.29, 1.82) is 0 Å². The Bertz CT molecular complexity index is 728. The Morgan fingerprint density at radius 1 is 1.17 bits per heavy atom. The van der Waals surface area contributed by atoms with Gasteiger partial charge in [0.2, 0.25) is 0 Å². The number of hydrogen-bond donors (Lipinski definition) is 0. The Morgan fingerprint density at radius 3 is 2.67 bits per heavy atom. The van der Waals surface area contributed by atoms with Crippen molar-refractivity contribution >= 4 is 0 Å². The molecule has 1 aliphatic rings. The first-order valence-corrected chi connectivity index (χ1v) is 8.89. The first-order chi connectivity index (χ1) is 11.6. The van der Waals surface area contributed by atoms with Crippen molar-refractivity contribution in [1.82, 2.24) is 9.78 Å². The maximum absolute atomic E-state index is 12.6. The lowest BCUT2D eigenvalue weighted by molar-refractivity contribution is -0.0426.